The zero-order chi connectivity index (χ0) is 22.5. The molecule has 168 valence electrons. The van der Waals surface area contributed by atoms with Crippen molar-refractivity contribution >= 4 is 18.0 Å². The zero-order valence-corrected chi connectivity index (χ0v) is 19.3. The van der Waals surface area contributed by atoms with Gasteiger partial charge in [0.25, 0.3) is 0 Å². The average molecular weight is 415 g/mol. The van der Waals surface area contributed by atoms with E-state index in [9.17, 15) is 14.4 Å². The largest absolute Gasteiger partial charge is 0.468 e. The highest BCUT2D eigenvalue weighted by molar-refractivity contribution is 5.82. The van der Waals surface area contributed by atoms with Crippen LogP contribution in [0.1, 0.15) is 61.3 Å². The molecule has 2 aliphatic heterocycles. The van der Waals surface area contributed by atoms with Crippen LogP contribution in [0.3, 0.4) is 0 Å². The Hall–Kier alpha value is -1.83. The molecule has 0 aromatic carbocycles. The van der Waals surface area contributed by atoms with E-state index in [-0.39, 0.29) is 29.9 Å². The summed E-state index contributed by atoms with van der Waals surface area (Å²) in [5.41, 5.74) is -0.566. The van der Waals surface area contributed by atoms with Crippen LogP contribution in [0.4, 0.5) is 4.79 Å². The Balaban J connectivity index is 0.000000326. The molecular weight excluding hydrogens is 376 g/mol. The molecule has 0 aromatic heterocycles. The third-order valence-corrected chi connectivity index (χ3v) is 5.68. The molecule has 2 fully saturated rings. The summed E-state index contributed by atoms with van der Waals surface area (Å²) < 4.78 is 14.7. The van der Waals surface area contributed by atoms with E-state index >= 15 is 0 Å². The molecule has 2 aliphatic rings. The molecule has 2 rings (SSSR count). The molecule has 0 saturated carbocycles. The molecule has 0 spiro atoms. The molecule has 29 heavy (non-hydrogen) atoms. The first-order valence-corrected chi connectivity index (χ1v) is 10.2. The van der Waals surface area contributed by atoms with Crippen LogP contribution in [0.15, 0.2) is 0 Å². The fourth-order valence-electron chi connectivity index (χ4n) is 3.61. The van der Waals surface area contributed by atoms with Crippen molar-refractivity contribution in [2.24, 2.45) is 11.8 Å². The van der Waals surface area contributed by atoms with Crippen LogP contribution in [0.25, 0.3) is 0 Å². The predicted molar refractivity (Wildman–Crippen MR) is 109 cm³/mol. The molecule has 2 saturated heterocycles. The van der Waals surface area contributed by atoms with Gasteiger partial charge in [0.1, 0.15) is 17.7 Å². The lowest BCUT2D eigenvalue weighted by atomic mass is 10.0. The molecule has 8 nitrogen and oxygen atoms in total. The zero-order valence-electron chi connectivity index (χ0n) is 19.3. The van der Waals surface area contributed by atoms with Gasteiger partial charge in [0.05, 0.1) is 14.2 Å². The average Bonchev–Trinajstić information content (AvgIpc) is 3.12. The first-order valence-electron chi connectivity index (χ1n) is 10.2. The van der Waals surface area contributed by atoms with Gasteiger partial charge in [-0.15, -0.1) is 0 Å². The van der Waals surface area contributed by atoms with Crippen LogP contribution in [-0.4, -0.2) is 66.9 Å². The molecule has 1 amide bonds. The topological polar surface area (TPSA) is 94.2 Å². The molecule has 0 unspecified atom stereocenters. The Morgan fingerprint density at radius 1 is 0.897 bits per heavy atom. The van der Waals surface area contributed by atoms with Gasteiger partial charge in [0.2, 0.25) is 0 Å². The van der Waals surface area contributed by atoms with Crippen LogP contribution < -0.4 is 5.32 Å². The third kappa shape index (κ3) is 6.87. The Labute approximate surface area is 174 Å². The van der Waals surface area contributed by atoms with Crippen molar-refractivity contribution in [2.45, 2.75) is 91.1 Å². The summed E-state index contributed by atoms with van der Waals surface area (Å²) in [5, 5.41) is 3.18. The number of esters is 2. The normalized spacial score (nSPS) is 31.6. The molecule has 0 aliphatic carbocycles. The van der Waals surface area contributed by atoms with E-state index in [1.54, 1.807) is 0 Å². The molecule has 0 bridgehead atoms. The molecule has 6 atom stereocenters. The van der Waals surface area contributed by atoms with E-state index in [0.717, 1.165) is 6.42 Å². The van der Waals surface area contributed by atoms with Gasteiger partial charge in [-0.2, -0.15) is 0 Å². The number of likely N-dealkylation sites (tertiary alicyclic amines) is 1. The van der Waals surface area contributed by atoms with E-state index in [0.29, 0.717) is 18.4 Å². The second-order valence-electron chi connectivity index (χ2n) is 9.12. The van der Waals surface area contributed by atoms with Gasteiger partial charge in [-0.25, -0.2) is 9.59 Å². The van der Waals surface area contributed by atoms with Crippen LogP contribution in [0.2, 0.25) is 0 Å². The maximum atomic E-state index is 12.1. The number of ether oxygens (including phenoxy) is 3. The lowest BCUT2D eigenvalue weighted by Gasteiger charge is -2.30. The van der Waals surface area contributed by atoms with Gasteiger partial charge in [0, 0.05) is 12.1 Å². The van der Waals surface area contributed by atoms with Crippen molar-refractivity contribution in [1.82, 2.24) is 10.2 Å². The van der Waals surface area contributed by atoms with Gasteiger partial charge in [-0.3, -0.25) is 9.69 Å². The summed E-state index contributed by atoms with van der Waals surface area (Å²) in [6.07, 6.45) is 1.07. The maximum absolute atomic E-state index is 12.1. The second-order valence-corrected chi connectivity index (χ2v) is 9.12. The quantitative estimate of drug-likeness (QED) is 0.548. The van der Waals surface area contributed by atoms with Gasteiger partial charge in [0.15, 0.2) is 0 Å². The van der Waals surface area contributed by atoms with Gasteiger partial charge < -0.3 is 19.5 Å². The number of hydrogen-bond acceptors (Lipinski definition) is 7. The number of carbonyl (C=O) groups excluding carboxylic acids is 3. The first kappa shape index (κ1) is 25.2. The fourth-order valence-corrected chi connectivity index (χ4v) is 3.61. The standard InChI is InChI=1S/C13H23NO4.C8H15NO2/c1-8-7-10(11(15)17-6)14(9(8)2)12(16)18-13(3,4)5;1-5-4-7(8(10)11-3)9-6(5)2/h8-10H,7H2,1-6H3;5-7,9H,4H2,1-3H3/t8-,9-,10-;5-,6-,7-/m00/s1. The SMILES string of the molecule is COC(=O)[C@@H]1C[C@H](C)[C@H](C)N1.COC(=O)[C@@H]1C[C@H](C)[C@H](C)N1C(=O)OC(C)(C)C. The van der Waals surface area contributed by atoms with Crippen LogP contribution >= 0.6 is 0 Å². The Kier molecular flexibility index (Phi) is 8.93. The van der Waals surface area contributed by atoms with Crippen LogP contribution in [0.5, 0.6) is 0 Å². The van der Waals surface area contributed by atoms with Gasteiger partial charge in [-0.05, 0) is 59.3 Å². The minimum absolute atomic E-state index is 0.0241. The molecule has 0 aromatic rings. The number of nitrogens with zero attached hydrogens (tertiary/aromatic N) is 1. The fraction of sp³-hybridized carbons (Fsp3) is 0.857. The lowest BCUT2D eigenvalue weighted by Crippen LogP contribution is -2.47. The summed E-state index contributed by atoms with van der Waals surface area (Å²) in [7, 11) is 2.76. The number of hydrogen-bond donors (Lipinski definition) is 1. The molecule has 0 radical (unpaired) electrons. The Morgan fingerprint density at radius 3 is 1.86 bits per heavy atom. The summed E-state index contributed by atoms with van der Waals surface area (Å²) in [4.78, 5) is 36.4. The molecule has 1 N–H and O–H groups in total. The highest BCUT2D eigenvalue weighted by Crippen LogP contribution is 2.31. The maximum Gasteiger partial charge on any atom is 0.411 e. The number of nitrogens with one attached hydrogen (secondary N) is 1. The van der Waals surface area contributed by atoms with Gasteiger partial charge in [-0.1, -0.05) is 13.8 Å². The van der Waals surface area contributed by atoms with Crippen LogP contribution in [-0.2, 0) is 23.8 Å². The highest BCUT2D eigenvalue weighted by Gasteiger charge is 2.45. The lowest BCUT2D eigenvalue weighted by molar-refractivity contribution is -0.146. The molecule has 2 heterocycles. The summed E-state index contributed by atoms with van der Waals surface area (Å²) in [6, 6.07) is -0.206. The van der Waals surface area contributed by atoms with Crippen molar-refractivity contribution in [3.63, 3.8) is 0 Å². The van der Waals surface area contributed by atoms with E-state index in [1.165, 1.54) is 19.1 Å². The van der Waals surface area contributed by atoms with Gasteiger partial charge >= 0.3 is 18.0 Å². The van der Waals surface area contributed by atoms with E-state index < -0.39 is 17.7 Å². The van der Waals surface area contributed by atoms with Crippen molar-refractivity contribution in [3.05, 3.63) is 0 Å². The van der Waals surface area contributed by atoms with Crippen molar-refractivity contribution < 1.29 is 28.6 Å². The predicted octanol–water partition coefficient (Wildman–Crippen LogP) is 2.74. The second kappa shape index (κ2) is 10.3. The number of methoxy groups -OCH3 is 2. The van der Waals surface area contributed by atoms with E-state index in [2.05, 4.69) is 23.9 Å². The summed E-state index contributed by atoms with van der Waals surface area (Å²) in [5.74, 6) is 0.305. The van der Waals surface area contributed by atoms with E-state index in [4.69, 9.17) is 9.47 Å². The third-order valence-electron chi connectivity index (χ3n) is 5.68. The number of carbonyl (C=O) groups is 3. The summed E-state index contributed by atoms with van der Waals surface area (Å²) >= 11 is 0. The molecular formula is C21H38N2O6. The van der Waals surface area contributed by atoms with Crippen molar-refractivity contribution in [1.29, 1.82) is 0 Å². The first-order chi connectivity index (χ1) is 13.3. The van der Waals surface area contributed by atoms with E-state index in [1.807, 2.05) is 34.6 Å². The van der Waals surface area contributed by atoms with Crippen molar-refractivity contribution in [2.75, 3.05) is 14.2 Å². The Bertz CT molecular complexity index is 578. The highest BCUT2D eigenvalue weighted by atomic mass is 16.6. The van der Waals surface area contributed by atoms with Crippen LogP contribution in [0, 0.1) is 11.8 Å². The minimum Gasteiger partial charge on any atom is -0.468 e. The monoisotopic (exact) mass is 414 g/mol. The number of amides is 1. The smallest absolute Gasteiger partial charge is 0.411 e. The Morgan fingerprint density at radius 2 is 1.45 bits per heavy atom. The molecule has 8 heteroatoms. The number of rotatable bonds is 2. The summed E-state index contributed by atoms with van der Waals surface area (Å²) in [6.45, 7) is 13.6. The van der Waals surface area contributed by atoms with Crippen molar-refractivity contribution in [3.8, 4) is 0 Å². The minimum atomic E-state index is -0.566.